The minimum absolute atomic E-state index is 0.415. The zero-order valence-electron chi connectivity index (χ0n) is 6.45. The molecule has 13 heavy (non-hydrogen) atoms. The Morgan fingerprint density at radius 2 is 2.46 bits per heavy atom. The van der Waals surface area contributed by atoms with Gasteiger partial charge in [0.1, 0.15) is 0 Å². The summed E-state index contributed by atoms with van der Waals surface area (Å²) in [6, 6.07) is 3.33. The second-order valence-electron chi connectivity index (χ2n) is 2.16. The molecule has 0 saturated carbocycles. The number of pyridine rings is 1. The molecule has 0 aliphatic heterocycles. The van der Waals surface area contributed by atoms with E-state index in [0.29, 0.717) is 5.75 Å². The fourth-order valence-corrected chi connectivity index (χ4v) is 0.765. The lowest BCUT2D eigenvalue weighted by molar-refractivity contribution is 0.158. The van der Waals surface area contributed by atoms with Gasteiger partial charge in [0.15, 0.2) is 5.75 Å². The van der Waals surface area contributed by atoms with Crippen molar-refractivity contribution in [2.75, 3.05) is 0 Å². The van der Waals surface area contributed by atoms with Crippen molar-refractivity contribution in [3.8, 4) is 5.75 Å². The second-order valence-corrected chi connectivity index (χ2v) is 2.16. The predicted molar refractivity (Wildman–Crippen MR) is 41.0 cm³/mol. The largest absolute Gasteiger partial charge is 0.472 e. The van der Waals surface area contributed by atoms with Crippen molar-refractivity contribution in [1.29, 1.82) is 0 Å². The van der Waals surface area contributed by atoms with Crippen molar-refractivity contribution >= 4 is 0 Å². The maximum Gasteiger partial charge on any atom is 0.472 e. The Morgan fingerprint density at radius 1 is 1.54 bits per heavy atom. The van der Waals surface area contributed by atoms with E-state index in [1.807, 2.05) is 0 Å². The van der Waals surface area contributed by atoms with E-state index in [4.69, 9.17) is 4.84 Å². The van der Waals surface area contributed by atoms with E-state index in [9.17, 15) is 4.79 Å². The molecule has 66 valence electrons. The van der Waals surface area contributed by atoms with Crippen molar-refractivity contribution in [3.05, 3.63) is 41.5 Å². The van der Waals surface area contributed by atoms with Crippen molar-refractivity contribution < 1.29 is 9.25 Å². The molecule has 0 amide bonds. The average Bonchev–Trinajstić information content (AvgIpc) is 2.54. The van der Waals surface area contributed by atoms with Crippen LogP contribution in [-0.4, -0.2) is 14.9 Å². The van der Waals surface area contributed by atoms with E-state index in [1.54, 1.807) is 18.3 Å². The van der Waals surface area contributed by atoms with Gasteiger partial charge < -0.3 is 9.25 Å². The molecule has 0 aliphatic carbocycles. The molecule has 0 spiro atoms. The number of hydrogen-bond acceptors (Lipinski definition) is 5. The summed E-state index contributed by atoms with van der Waals surface area (Å²) in [5.41, 5.74) is 0. The minimum atomic E-state index is -0.677. The molecule has 6 heteroatoms. The molecule has 0 unspecified atom stereocenters. The van der Waals surface area contributed by atoms with E-state index in [0.717, 1.165) is 11.2 Å². The first-order valence-electron chi connectivity index (χ1n) is 3.47. The molecule has 0 aromatic carbocycles. The lowest BCUT2D eigenvalue weighted by Gasteiger charge is -1.98. The Kier molecular flexibility index (Phi) is 1.79. The van der Waals surface area contributed by atoms with Crippen LogP contribution in [0.2, 0.25) is 0 Å². The summed E-state index contributed by atoms with van der Waals surface area (Å²) in [5, 5.41) is 3.50. The van der Waals surface area contributed by atoms with E-state index in [2.05, 4.69) is 14.5 Å². The summed E-state index contributed by atoms with van der Waals surface area (Å²) in [6.07, 6.45) is 4.05. The highest BCUT2D eigenvalue weighted by atomic mass is 16.7. The molecule has 6 nitrogen and oxygen atoms in total. The van der Waals surface area contributed by atoms with Crippen LogP contribution in [0.4, 0.5) is 0 Å². The first kappa shape index (κ1) is 7.53. The van der Waals surface area contributed by atoms with Crippen LogP contribution in [0.3, 0.4) is 0 Å². The van der Waals surface area contributed by atoms with Gasteiger partial charge in [0, 0.05) is 6.20 Å². The first-order chi connectivity index (χ1) is 6.36. The van der Waals surface area contributed by atoms with Crippen LogP contribution >= 0.6 is 0 Å². The third kappa shape index (κ3) is 1.56. The zero-order chi connectivity index (χ0) is 9.10. The molecular formula is C7H5N3O3. The lowest BCUT2D eigenvalue weighted by Crippen LogP contribution is -2.20. The van der Waals surface area contributed by atoms with Crippen LogP contribution in [0.1, 0.15) is 0 Å². The standard InChI is InChI=1S/C7H5N3O3/c11-7-10(9-5-12-7)13-6-2-1-3-8-4-6/h1-5H. The highest BCUT2D eigenvalue weighted by molar-refractivity contribution is 5.14. The van der Waals surface area contributed by atoms with Gasteiger partial charge in [-0.3, -0.25) is 4.98 Å². The first-order valence-corrected chi connectivity index (χ1v) is 3.47. The topological polar surface area (TPSA) is 70.2 Å². The summed E-state index contributed by atoms with van der Waals surface area (Å²) in [5.74, 6) is -0.262. The number of rotatable bonds is 2. The van der Waals surface area contributed by atoms with Crippen molar-refractivity contribution in [1.82, 2.24) is 14.9 Å². The Balaban J connectivity index is 2.25. The summed E-state index contributed by atoms with van der Waals surface area (Å²) in [7, 11) is 0. The van der Waals surface area contributed by atoms with Gasteiger partial charge in [0.05, 0.1) is 6.20 Å². The Morgan fingerprint density at radius 3 is 3.08 bits per heavy atom. The van der Waals surface area contributed by atoms with E-state index < -0.39 is 5.76 Å². The van der Waals surface area contributed by atoms with Crippen molar-refractivity contribution in [2.24, 2.45) is 0 Å². The fourth-order valence-electron chi connectivity index (χ4n) is 0.765. The van der Waals surface area contributed by atoms with Gasteiger partial charge in [-0.1, -0.05) is 5.10 Å². The van der Waals surface area contributed by atoms with Gasteiger partial charge >= 0.3 is 5.76 Å². The van der Waals surface area contributed by atoms with Gasteiger partial charge in [-0.2, -0.15) is 0 Å². The molecule has 0 aliphatic rings. The average molecular weight is 179 g/mol. The van der Waals surface area contributed by atoms with Gasteiger partial charge in [0.25, 0.3) is 0 Å². The highest BCUT2D eigenvalue weighted by Crippen LogP contribution is 2.04. The summed E-state index contributed by atoms with van der Waals surface area (Å²) < 4.78 is 4.39. The summed E-state index contributed by atoms with van der Waals surface area (Å²) in [4.78, 5) is 20.3. The maximum atomic E-state index is 10.8. The van der Waals surface area contributed by atoms with Crippen LogP contribution in [0, 0.1) is 0 Å². The molecule has 2 rings (SSSR count). The van der Waals surface area contributed by atoms with Gasteiger partial charge in [-0.15, -0.1) is 0 Å². The number of hydrogen-bond donors (Lipinski definition) is 0. The van der Waals surface area contributed by atoms with Crippen LogP contribution in [0.25, 0.3) is 0 Å². The normalized spacial score (nSPS) is 9.85. The van der Waals surface area contributed by atoms with Crippen LogP contribution < -0.4 is 10.6 Å². The molecule has 0 atom stereocenters. The Hall–Kier alpha value is -2.11. The fraction of sp³-hybridized carbons (Fsp3) is 0. The van der Waals surface area contributed by atoms with Gasteiger partial charge in [-0.25, -0.2) is 4.79 Å². The molecule has 2 aromatic heterocycles. The molecule has 0 saturated heterocycles. The molecule has 0 radical (unpaired) electrons. The number of nitrogens with zero attached hydrogens (tertiary/aromatic N) is 3. The monoisotopic (exact) mass is 179 g/mol. The predicted octanol–water partition coefficient (Wildman–Crippen LogP) is 0.0734. The van der Waals surface area contributed by atoms with Gasteiger partial charge in [-0.05, 0) is 17.0 Å². The summed E-state index contributed by atoms with van der Waals surface area (Å²) >= 11 is 0. The van der Waals surface area contributed by atoms with Crippen molar-refractivity contribution in [3.63, 3.8) is 0 Å². The third-order valence-corrected chi connectivity index (χ3v) is 1.29. The smallest absolute Gasteiger partial charge is 0.393 e. The SMILES string of the molecule is O=c1ocnn1Oc1cccnc1. The van der Waals surface area contributed by atoms with Gasteiger partial charge in [0.2, 0.25) is 6.39 Å². The van der Waals surface area contributed by atoms with Crippen LogP contribution in [-0.2, 0) is 0 Å². The number of aromatic nitrogens is 3. The zero-order valence-corrected chi connectivity index (χ0v) is 6.45. The summed E-state index contributed by atoms with van der Waals surface area (Å²) in [6.45, 7) is 0. The molecule has 0 N–H and O–H groups in total. The van der Waals surface area contributed by atoms with Crippen LogP contribution in [0.5, 0.6) is 5.75 Å². The van der Waals surface area contributed by atoms with E-state index >= 15 is 0 Å². The third-order valence-electron chi connectivity index (χ3n) is 1.29. The minimum Gasteiger partial charge on any atom is -0.393 e. The molecular weight excluding hydrogens is 174 g/mol. The lowest BCUT2D eigenvalue weighted by atomic mass is 10.5. The molecule has 2 heterocycles. The molecule has 0 bridgehead atoms. The molecule has 0 fully saturated rings. The maximum absolute atomic E-state index is 10.8. The second kappa shape index (κ2) is 3.10. The Labute approximate surface area is 72.3 Å². The van der Waals surface area contributed by atoms with E-state index in [1.165, 1.54) is 6.20 Å². The Bertz CT molecular complexity index is 433. The highest BCUT2D eigenvalue weighted by Gasteiger charge is 2.01. The van der Waals surface area contributed by atoms with Crippen LogP contribution in [0.15, 0.2) is 40.1 Å². The molecule has 2 aromatic rings. The quantitative estimate of drug-likeness (QED) is 0.652. The van der Waals surface area contributed by atoms with Crippen molar-refractivity contribution in [2.45, 2.75) is 0 Å². The van der Waals surface area contributed by atoms with E-state index in [-0.39, 0.29) is 0 Å².